The van der Waals surface area contributed by atoms with Gasteiger partial charge in [-0.25, -0.2) is 0 Å². The van der Waals surface area contributed by atoms with Gasteiger partial charge in [0.05, 0.1) is 18.8 Å². The Kier molecular flexibility index (Phi) is 10.7. The maximum atomic E-state index is 5.58. The number of ether oxygens (including phenoxy) is 2. The number of rotatable bonds is 11. The molecule has 3 heteroatoms. The fourth-order valence-electron chi connectivity index (χ4n) is 1.66. The van der Waals surface area contributed by atoms with Gasteiger partial charge in [-0.05, 0) is 59.9 Å². The van der Waals surface area contributed by atoms with E-state index in [1.54, 1.807) is 0 Å². The largest absolute Gasteiger partial charge is 0.379 e. The molecule has 18 heavy (non-hydrogen) atoms. The maximum absolute atomic E-state index is 5.58. The molecule has 1 atom stereocenters. The maximum Gasteiger partial charge on any atom is 0.0707 e. The minimum Gasteiger partial charge on any atom is -0.379 e. The van der Waals surface area contributed by atoms with Gasteiger partial charge in [0.15, 0.2) is 0 Å². The fourth-order valence-corrected chi connectivity index (χ4v) is 1.66. The van der Waals surface area contributed by atoms with Crippen LogP contribution in [0.3, 0.4) is 0 Å². The van der Waals surface area contributed by atoms with Crippen molar-refractivity contribution in [3.63, 3.8) is 0 Å². The van der Waals surface area contributed by atoms with Crippen LogP contribution >= 0.6 is 0 Å². The predicted octanol–water partition coefficient (Wildman–Crippen LogP) is 3.38. The Hall–Kier alpha value is -0.120. The van der Waals surface area contributed by atoms with Crippen LogP contribution in [0, 0.1) is 0 Å². The quantitative estimate of drug-likeness (QED) is 0.577. The minimum atomic E-state index is -0.0518. The van der Waals surface area contributed by atoms with Gasteiger partial charge >= 0.3 is 0 Å². The molecule has 0 aromatic carbocycles. The Morgan fingerprint density at radius 1 is 1.06 bits per heavy atom. The summed E-state index contributed by atoms with van der Waals surface area (Å²) in [6.07, 6.45) is 4.83. The van der Waals surface area contributed by atoms with E-state index in [9.17, 15) is 0 Å². The van der Waals surface area contributed by atoms with Gasteiger partial charge in [-0.2, -0.15) is 0 Å². The van der Waals surface area contributed by atoms with E-state index in [0.29, 0.717) is 19.3 Å². The van der Waals surface area contributed by atoms with Crippen molar-refractivity contribution >= 4 is 0 Å². The highest BCUT2D eigenvalue weighted by Crippen LogP contribution is 2.06. The van der Waals surface area contributed by atoms with Crippen LogP contribution in [-0.2, 0) is 9.47 Å². The third-order valence-electron chi connectivity index (χ3n) is 2.68. The molecule has 1 N–H and O–H groups in total. The van der Waals surface area contributed by atoms with Crippen molar-refractivity contribution in [1.82, 2.24) is 5.32 Å². The van der Waals surface area contributed by atoms with E-state index in [4.69, 9.17) is 9.47 Å². The zero-order valence-electron chi connectivity index (χ0n) is 13.1. The molecule has 0 aromatic rings. The Morgan fingerprint density at radius 3 is 2.39 bits per heavy atom. The second-order valence-electron chi connectivity index (χ2n) is 5.92. The first-order valence-corrected chi connectivity index (χ1v) is 7.41. The van der Waals surface area contributed by atoms with Crippen LogP contribution in [0.15, 0.2) is 0 Å². The van der Waals surface area contributed by atoms with Gasteiger partial charge in [0.25, 0.3) is 0 Å². The van der Waals surface area contributed by atoms with Gasteiger partial charge in [0.2, 0.25) is 0 Å². The number of nitrogens with one attached hydrogen (secondary N) is 1. The summed E-state index contributed by atoms with van der Waals surface area (Å²) in [6, 6.07) is 0.633. The van der Waals surface area contributed by atoms with Crippen LogP contribution in [0.2, 0.25) is 0 Å². The van der Waals surface area contributed by atoms with Crippen molar-refractivity contribution in [2.75, 3.05) is 26.4 Å². The molecule has 0 aliphatic rings. The Labute approximate surface area is 114 Å². The molecule has 0 aliphatic heterocycles. The zero-order valence-corrected chi connectivity index (χ0v) is 13.1. The summed E-state index contributed by atoms with van der Waals surface area (Å²) in [6.45, 7) is 14.0. The van der Waals surface area contributed by atoms with Crippen molar-refractivity contribution in [3.8, 4) is 0 Å². The average Bonchev–Trinajstić information content (AvgIpc) is 2.28. The van der Waals surface area contributed by atoms with E-state index >= 15 is 0 Å². The minimum absolute atomic E-state index is 0.0518. The molecule has 0 rings (SSSR count). The molecule has 0 amide bonds. The molecular formula is C15H33NO2. The lowest BCUT2D eigenvalue weighted by Crippen LogP contribution is -2.26. The predicted molar refractivity (Wildman–Crippen MR) is 78.1 cm³/mol. The molecule has 0 aromatic heterocycles. The van der Waals surface area contributed by atoms with Gasteiger partial charge in [0, 0.05) is 12.6 Å². The second kappa shape index (κ2) is 10.8. The SMILES string of the molecule is CCCNC(C)CCCCOCCOC(C)(C)C. The van der Waals surface area contributed by atoms with E-state index < -0.39 is 0 Å². The van der Waals surface area contributed by atoms with E-state index in [2.05, 4.69) is 39.9 Å². The second-order valence-corrected chi connectivity index (χ2v) is 5.92. The third kappa shape index (κ3) is 13.9. The van der Waals surface area contributed by atoms with Gasteiger partial charge in [-0.3, -0.25) is 0 Å². The molecule has 0 radical (unpaired) electrons. The highest BCUT2D eigenvalue weighted by molar-refractivity contribution is 4.60. The number of unbranched alkanes of at least 4 members (excludes halogenated alkanes) is 1. The molecule has 0 saturated heterocycles. The first kappa shape index (κ1) is 17.9. The van der Waals surface area contributed by atoms with Crippen molar-refractivity contribution in [2.24, 2.45) is 0 Å². The highest BCUT2D eigenvalue weighted by Gasteiger charge is 2.08. The lowest BCUT2D eigenvalue weighted by Gasteiger charge is -2.19. The Balaban J connectivity index is 3.16. The van der Waals surface area contributed by atoms with Crippen molar-refractivity contribution < 1.29 is 9.47 Å². The first-order valence-electron chi connectivity index (χ1n) is 7.41. The monoisotopic (exact) mass is 259 g/mol. The summed E-state index contributed by atoms with van der Waals surface area (Å²) in [4.78, 5) is 0. The van der Waals surface area contributed by atoms with Crippen molar-refractivity contribution in [3.05, 3.63) is 0 Å². The van der Waals surface area contributed by atoms with Gasteiger partial charge < -0.3 is 14.8 Å². The lowest BCUT2D eigenvalue weighted by molar-refractivity contribution is -0.0352. The van der Waals surface area contributed by atoms with E-state index in [1.807, 2.05) is 0 Å². The highest BCUT2D eigenvalue weighted by atomic mass is 16.5. The molecule has 3 nitrogen and oxygen atoms in total. The van der Waals surface area contributed by atoms with Gasteiger partial charge in [-0.1, -0.05) is 6.92 Å². The van der Waals surface area contributed by atoms with Crippen LogP contribution in [-0.4, -0.2) is 38.0 Å². The molecule has 110 valence electrons. The zero-order chi connectivity index (χ0) is 13.9. The summed E-state index contributed by atoms with van der Waals surface area (Å²) in [5, 5.41) is 3.50. The van der Waals surface area contributed by atoms with E-state index in [0.717, 1.165) is 19.6 Å². The van der Waals surface area contributed by atoms with Crippen LogP contribution in [0.5, 0.6) is 0 Å². The van der Waals surface area contributed by atoms with Crippen LogP contribution in [0.25, 0.3) is 0 Å². The Bertz CT molecular complexity index is 178. The lowest BCUT2D eigenvalue weighted by atomic mass is 10.1. The molecule has 0 heterocycles. The van der Waals surface area contributed by atoms with Crippen LogP contribution < -0.4 is 5.32 Å². The van der Waals surface area contributed by atoms with Crippen molar-refractivity contribution in [2.45, 2.75) is 71.9 Å². The van der Waals surface area contributed by atoms with E-state index in [1.165, 1.54) is 19.3 Å². The summed E-state index contributed by atoms with van der Waals surface area (Å²) >= 11 is 0. The standard InChI is InChI=1S/C15H33NO2/c1-6-10-16-14(2)9-7-8-11-17-12-13-18-15(3,4)5/h14,16H,6-13H2,1-5H3. The molecule has 0 spiro atoms. The molecular weight excluding hydrogens is 226 g/mol. The smallest absolute Gasteiger partial charge is 0.0707 e. The number of hydrogen-bond donors (Lipinski definition) is 1. The molecule has 1 unspecified atom stereocenters. The summed E-state index contributed by atoms with van der Waals surface area (Å²) < 4.78 is 11.1. The first-order chi connectivity index (χ1) is 8.45. The molecule has 0 saturated carbocycles. The Morgan fingerprint density at radius 2 is 1.78 bits per heavy atom. The van der Waals surface area contributed by atoms with Crippen LogP contribution in [0.1, 0.15) is 60.3 Å². The summed E-state index contributed by atoms with van der Waals surface area (Å²) in [5.41, 5.74) is -0.0518. The van der Waals surface area contributed by atoms with E-state index in [-0.39, 0.29) is 5.60 Å². The fraction of sp³-hybridized carbons (Fsp3) is 1.00. The van der Waals surface area contributed by atoms with Gasteiger partial charge in [-0.15, -0.1) is 0 Å². The van der Waals surface area contributed by atoms with Crippen LogP contribution in [0.4, 0.5) is 0 Å². The molecule has 0 aliphatic carbocycles. The summed E-state index contributed by atoms with van der Waals surface area (Å²) in [7, 11) is 0. The van der Waals surface area contributed by atoms with Crippen molar-refractivity contribution in [1.29, 1.82) is 0 Å². The topological polar surface area (TPSA) is 30.5 Å². The molecule has 0 bridgehead atoms. The average molecular weight is 259 g/mol. The normalized spacial score (nSPS) is 13.8. The third-order valence-corrected chi connectivity index (χ3v) is 2.68. The molecule has 0 fully saturated rings. The number of hydrogen-bond acceptors (Lipinski definition) is 3. The van der Waals surface area contributed by atoms with Gasteiger partial charge in [0.1, 0.15) is 0 Å². The summed E-state index contributed by atoms with van der Waals surface area (Å²) in [5.74, 6) is 0.